The molecule has 0 saturated carbocycles. The molecule has 3 N–H and O–H groups in total. The number of carbonyl (C=O) groups excluding carboxylic acids is 3. The molecule has 6 atom stereocenters. The predicted molar refractivity (Wildman–Crippen MR) is 139 cm³/mol. The summed E-state index contributed by atoms with van der Waals surface area (Å²) in [5.74, 6) is -1.62. The van der Waals surface area contributed by atoms with Crippen LogP contribution in [0.5, 0.6) is 0 Å². The largest absolute Gasteiger partial charge is 0.394 e. The third-order valence-electron chi connectivity index (χ3n) is 8.11. The average molecular weight is 503 g/mol. The summed E-state index contributed by atoms with van der Waals surface area (Å²) in [7, 11) is 1.60. The molecule has 192 valence electrons. The first-order valence-electron chi connectivity index (χ1n) is 12.7. The lowest BCUT2D eigenvalue weighted by molar-refractivity contribution is -0.142. The Morgan fingerprint density at radius 3 is 2.40 bits per heavy atom. The molecule has 8 nitrogen and oxygen atoms in total. The lowest BCUT2D eigenvalue weighted by Crippen LogP contribution is -2.56. The summed E-state index contributed by atoms with van der Waals surface area (Å²) in [5, 5.41) is 16.0. The second-order valence-corrected chi connectivity index (χ2v) is 11.7. The van der Waals surface area contributed by atoms with Crippen LogP contribution in [-0.4, -0.2) is 76.6 Å². The van der Waals surface area contributed by atoms with Crippen LogP contribution in [0.25, 0.3) is 0 Å². The van der Waals surface area contributed by atoms with Crippen LogP contribution in [0.4, 0.5) is 11.4 Å². The van der Waals surface area contributed by atoms with Gasteiger partial charge in [-0.25, -0.2) is 0 Å². The van der Waals surface area contributed by atoms with Crippen LogP contribution in [-0.2, 0) is 14.4 Å². The van der Waals surface area contributed by atoms with Gasteiger partial charge in [0, 0.05) is 36.8 Å². The topological polar surface area (TPSA) is 102 Å². The maximum absolute atomic E-state index is 13.9. The Labute approximate surface area is 212 Å². The SMILES string of the molecule is CCN(CC)c1ccc(NC(=O)C2N([C@@H](CO)C(C)C)C(=O)[C@@H]3[C@@H](C(=O)NC)[C@H]4CCC23S4)cc1. The molecule has 2 unspecified atom stereocenters. The van der Waals surface area contributed by atoms with E-state index in [0.717, 1.165) is 25.2 Å². The van der Waals surface area contributed by atoms with E-state index >= 15 is 0 Å². The summed E-state index contributed by atoms with van der Waals surface area (Å²) in [6.07, 6.45) is 1.51. The van der Waals surface area contributed by atoms with Gasteiger partial charge in [-0.3, -0.25) is 14.4 Å². The highest BCUT2D eigenvalue weighted by Gasteiger charge is 2.74. The number of likely N-dealkylation sites (tertiary alicyclic amines) is 1. The lowest BCUT2D eigenvalue weighted by atomic mass is 9.70. The summed E-state index contributed by atoms with van der Waals surface area (Å²) in [6, 6.07) is 6.52. The average Bonchev–Trinajstić information content (AvgIpc) is 3.48. The highest BCUT2D eigenvalue weighted by atomic mass is 32.2. The van der Waals surface area contributed by atoms with Gasteiger partial charge in [0.2, 0.25) is 17.7 Å². The molecule has 4 rings (SSSR count). The standard InChI is InChI=1S/C26H38N4O4S/c1-6-29(7-2)17-10-8-16(9-11-17)28-24(33)22-26-13-12-19(35-26)20(23(32)27-5)21(26)25(34)30(22)18(14-31)15(3)4/h8-11,15,18-22,31H,6-7,12-14H2,1-5H3,(H,27,32)(H,28,33)/t18-,19+,20-,21-,22?,26?/m0/s1. The van der Waals surface area contributed by atoms with Crippen molar-refractivity contribution < 1.29 is 19.5 Å². The van der Waals surface area contributed by atoms with E-state index in [4.69, 9.17) is 0 Å². The number of aliphatic hydroxyl groups is 1. The number of rotatable bonds is 9. The first-order chi connectivity index (χ1) is 16.7. The molecule has 1 aromatic rings. The van der Waals surface area contributed by atoms with Crippen molar-refractivity contribution in [2.24, 2.45) is 17.8 Å². The Hall–Kier alpha value is -2.26. The fraction of sp³-hybridized carbons (Fsp3) is 0.654. The van der Waals surface area contributed by atoms with E-state index in [1.807, 2.05) is 38.1 Å². The van der Waals surface area contributed by atoms with E-state index in [9.17, 15) is 19.5 Å². The van der Waals surface area contributed by atoms with Gasteiger partial charge in [0.1, 0.15) is 6.04 Å². The second-order valence-electron chi connectivity index (χ2n) is 10.1. The Morgan fingerprint density at radius 2 is 1.86 bits per heavy atom. The molecule has 0 radical (unpaired) electrons. The van der Waals surface area contributed by atoms with Gasteiger partial charge < -0.3 is 25.5 Å². The number of hydrogen-bond donors (Lipinski definition) is 3. The Balaban J connectivity index is 1.68. The quantitative estimate of drug-likeness (QED) is 0.479. The Kier molecular flexibility index (Phi) is 7.38. The molecule has 9 heteroatoms. The third-order valence-corrected chi connectivity index (χ3v) is 10.1. The van der Waals surface area contributed by atoms with E-state index in [1.165, 1.54) is 0 Å². The normalized spacial score (nSPS) is 29.9. The molecule has 35 heavy (non-hydrogen) atoms. The van der Waals surface area contributed by atoms with Gasteiger partial charge in [0.25, 0.3) is 0 Å². The highest BCUT2D eigenvalue weighted by Crippen LogP contribution is 2.66. The van der Waals surface area contributed by atoms with Crippen LogP contribution in [0.3, 0.4) is 0 Å². The minimum atomic E-state index is -0.744. The summed E-state index contributed by atoms with van der Waals surface area (Å²) in [6.45, 7) is 9.67. The van der Waals surface area contributed by atoms with E-state index < -0.39 is 28.7 Å². The Bertz CT molecular complexity index is 967. The summed E-state index contributed by atoms with van der Waals surface area (Å²) in [4.78, 5) is 44.5. The van der Waals surface area contributed by atoms with Crippen molar-refractivity contribution in [3.8, 4) is 0 Å². The number of fused-ring (bicyclic) bond motifs is 1. The maximum atomic E-state index is 13.9. The van der Waals surface area contributed by atoms with Gasteiger partial charge in [0.15, 0.2) is 0 Å². The number of hydrogen-bond acceptors (Lipinski definition) is 6. The van der Waals surface area contributed by atoms with Gasteiger partial charge in [-0.05, 0) is 56.9 Å². The van der Waals surface area contributed by atoms with Crippen LogP contribution in [0.15, 0.2) is 24.3 Å². The number of benzene rings is 1. The first-order valence-corrected chi connectivity index (χ1v) is 13.6. The fourth-order valence-corrected chi connectivity index (χ4v) is 8.60. The van der Waals surface area contributed by atoms with Crippen molar-refractivity contribution in [1.82, 2.24) is 10.2 Å². The van der Waals surface area contributed by atoms with Crippen LogP contribution >= 0.6 is 11.8 Å². The third kappa shape index (κ3) is 4.10. The number of amides is 3. The number of nitrogens with one attached hydrogen (secondary N) is 2. The molecular formula is C26H38N4O4S. The lowest BCUT2D eigenvalue weighted by Gasteiger charge is -2.38. The Morgan fingerprint density at radius 1 is 1.20 bits per heavy atom. The molecule has 3 fully saturated rings. The van der Waals surface area contributed by atoms with E-state index in [1.54, 1.807) is 23.7 Å². The number of carbonyl (C=O) groups is 3. The van der Waals surface area contributed by atoms with Crippen molar-refractivity contribution >= 4 is 40.9 Å². The highest BCUT2D eigenvalue weighted by molar-refractivity contribution is 8.02. The van der Waals surface area contributed by atoms with Crippen LogP contribution < -0.4 is 15.5 Å². The van der Waals surface area contributed by atoms with Crippen molar-refractivity contribution in [2.45, 2.75) is 62.6 Å². The van der Waals surface area contributed by atoms with Crippen molar-refractivity contribution in [3.63, 3.8) is 0 Å². The zero-order valence-electron chi connectivity index (χ0n) is 21.3. The first kappa shape index (κ1) is 25.8. The number of thioether (sulfide) groups is 1. The number of nitrogens with zero attached hydrogens (tertiary/aromatic N) is 2. The molecule has 0 aliphatic carbocycles. The van der Waals surface area contributed by atoms with Crippen LogP contribution in [0.2, 0.25) is 0 Å². The van der Waals surface area contributed by atoms with Gasteiger partial charge in [0.05, 0.1) is 29.2 Å². The second kappa shape index (κ2) is 10.0. The molecular weight excluding hydrogens is 464 g/mol. The van der Waals surface area contributed by atoms with E-state index in [-0.39, 0.29) is 35.5 Å². The molecule has 3 saturated heterocycles. The van der Waals surface area contributed by atoms with Crippen LogP contribution in [0.1, 0.15) is 40.5 Å². The summed E-state index contributed by atoms with van der Waals surface area (Å²) >= 11 is 1.64. The smallest absolute Gasteiger partial charge is 0.248 e. The zero-order chi connectivity index (χ0) is 25.5. The van der Waals surface area contributed by atoms with Crippen LogP contribution in [0, 0.1) is 17.8 Å². The number of aliphatic hydroxyl groups excluding tert-OH is 1. The van der Waals surface area contributed by atoms with Gasteiger partial charge >= 0.3 is 0 Å². The number of anilines is 2. The van der Waals surface area contributed by atoms with E-state index in [2.05, 4.69) is 29.4 Å². The molecule has 1 aromatic carbocycles. The maximum Gasteiger partial charge on any atom is 0.248 e. The van der Waals surface area contributed by atoms with Crippen molar-refractivity contribution in [2.75, 3.05) is 37.0 Å². The molecule has 3 aliphatic heterocycles. The van der Waals surface area contributed by atoms with Crippen molar-refractivity contribution in [1.29, 1.82) is 0 Å². The summed E-state index contributed by atoms with van der Waals surface area (Å²) < 4.78 is -0.660. The van der Waals surface area contributed by atoms with E-state index in [0.29, 0.717) is 12.1 Å². The minimum absolute atomic E-state index is 0.0290. The molecule has 3 amide bonds. The van der Waals surface area contributed by atoms with Gasteiger partial charge in [-0.15, -0.1) is 11.8 Å². The van der Waals surface area contributed by atoms with Gasteiger partial charge in [-0.2, -0.15) is 0 Å². The molecule has 0 aromatic heterocycles. The molecule has 3 heterocycles. The van der Waals surface area contributed by atoms with Gasteiger partial charge in [-0.1, -0.05) is 13.8 Å². The summed E-state index contributed by atoms with van der Waals surface area (Å²) in [5.41, 5.74) is 1.76. The predicted octanol–water partition coefficient (Wildman–Crippen LogP) is 2.33. The molecule has 3 aliphatic rings. The van der Waals surface area contributed by atoms with Crippen molar-refractivity contribution in [3.05, 3.63) is 24.3 Å². The molecule has 1 spiro atoms. The zero-order valence-corrected chi connectivity index (χ0v) is 22.1. The monoisotopic (exact) mass is 502 g/mol. The fourth-order valence-electron chi connectivity index (χ4n) is 6.39. The minimum Gasteiger partial charge on any atom is -0.394 e. The molecule has 2 bridgehead atoms.